The van der Waals surface area contributed by atoms with Crippen LogP contribution in [0.25, 0.3) is 0 Å². The van der Waals surface area contributed by atoms with Crippen LogP contribution in [0.2, 0.25) is 0 Å². The number of hydrogen-bond acceptors (Lipinski definition) is 11. The third-order valence-corrected chi connectivity index (χ3v) is 6.12. The van der Waals surface area contributed by atoms with Crippen molar-refractivity contribution in [1.82, 2.24) is 0 Å². The number of hydrogen-bond donors (Lipinski definition) is 4. The van der Waals surface area contributed by atoms with E-state index in [0.29, 0.717) is 34.8 Å². The van der Waals surface area contributed by atoms with Crippen molar-refractivity contribution in [2.45, 2.75) is 43.2 Å². The standard InChI is InChI=1S/C24H28O11/c1-30-15-8-12(9-16(31-2)22(15)32-3)14-7-11-5-4-6-13(18(11)23(29)33-14)34-24-21(28)20(27)19(26)17(10-25)35-24/h4-6,8-9,14,17,19-21,24-28H,7,10H2,1-3H3. The van der Waals surface area contributed by atoms with Crippen molar-refractivity contribution in [2.75, 3.05) is 27.9 Å². The van der Waals surface area contributed by atoms with E-state index in [1.165, 1.54) is 27.4 Å². The Morgan fingerprint density at radius 1 is 0.943 bits per heavy atom. The third-order valence-electron chi connectivity index (χ3n) is 6.12. The van der Waals surface area contributed by atoms with Gasteiger partial charge in [-0.3, -0.25) is 0 Å². The van der Waals surface area contributed by atoms with Crippen molar-refractivity contribution in [3.05, 3.63) is 47.0 Å². The lowest BCUT2D eigenvalue weighted by Gasteiger charge is -2.40. The average molecular weight is 492 g/mol. The van der Waals surface area contributed by atoms with Crippen LogP contribution in [-0.2, 0) is 15.9 Å². The highest BCUT2D eigenvalue weighted by Gasteiger charge is 2.45. The molecule has 4 rings (SSSR count). The molecule has 4 N–H and O–H groups in total. The van der Waals surface area contributed by atoms with E-state index in [-0.39, 0.29) is 11.3 Å². The van der Waals surface area contributed by atoms with Crippen LogP contribution in [-0.4, -0.2) is 85.0 Å². The molecule has 11 nitrogen and oxygen atoms in total. The number of carbonyl (C=O) groups is 1. The van der Waals surface area contributed by atoms with Crippen LogP contribution in [0.1, 0.15) is 27.6 Å². The Balaban J connectivity index is 1.62. The van der Waals surface area contributed by atoms with E-state index in [2.05, 4.69) is 0 Å². The first-order valence-corrected chi connectivity index (χ1v) is 10.9. The Morgan fingerprint density at radius 3 is 2.23 bits per heavy atom. The number of fused-ring (bicyclic) bond motifs is 1. The van der Waals surface area contributed by atoms with Crippen molar-refractivity contribution in [1.29, 1.82) is 0 Å². The van der Waals surface area contributed by atoms with E-state index in [1.54, 1.807) is 24.3 Å². The summed E-state index contributed by atoms with van der Waals surface area (Å²) in [4.78, 5) is 13.1. The fourth-order valence-corrected chi connectivity index (χ4v) is 4.27. The second-order valence-electron chi connectivity index (χ2n) is 8.16. The molecular formula is C24H28O11. The summed E-state index contributed by atoms with van der Waals surface area (Å²) in [5, 5.41) is 39.7. The van der Waals surface area contributed by atoms with Gasteiger partial charge in [-0.25, -0.2) is 4.79 Å². The van der Waals surface area contributed by atoms with Gasteiger partial charge in [0.05, 0.1) is 27.9 Å². The molecule has 35 heavy (non-hydrogen) atoms. The van der Waals surface area contributed by atoms with Gasteiger partial charge < -0.3 is 48.8 Å². The second-order valence-corrected chi connectivity index (χ2v) is 8.16. The maximum Gasteiger partial charge on any atom is 0.342 e. The number of ether oxygens (including phenoxy) is 6. The first-order chi connectivity index (χ1) is 16.8. The zero-order valence-electron chi connectivity index (χ0n) is 19.4. The minimum absolute atomic E-state index is 0.0696. The number of aliphatic hydroxyl groups is 4. The van der Waals surface area contributed by atoms with Crippen LogP contribution in [0.15, 0.2) is 30.3 Å². The highest BCUT2D eigenvalue weighted by atomic mass is 16.7. The quantitative estimate of drug-likeness (QED) is 0.396. The fourth-order valence-electron chi connectivity index (χ4n) is 4.27. The van der Waals surface area contributed by atoms with Gasteiger partial charge in [0.15, 0.2) is 11.5 Å². The summed E-state index contributed by atoms with van der Waals surface area (Å²) in [5.41, 5.74) is 1.41. The molecule has 2 heterocycles. The van der Waals surface area contributed by atoms with Crippen molar-refractivity contribution in [2.24, 2.45) is 0 Å². The zero-order chi connectivity index (χ0) is 25.3. The van der Waals surface area contributed by atoms with E-state index in [0.717, 1.165) is 0 Å². The van der Waals surface area contributed by atoms with Gasteiger partial charge in [0.25, 0.3) is 0 Å². The van der Waals surface area contributed by atoms with Crippen LogP contribution in [0.5, 0.6) is 23.0 Å². The molecule has 0 spiro atoms. The number of benzene rings is 2. The van der Waals surface area contributed by atoms with Crippen molar-refractivity contribution in [3.8, 4) is 23.0 Å². The molecule has 6 atom stereocenters. The zero-order valence-corrected chi connectivity index (χ0v) is 19.4. The minimum atomic E-state index is -1.62. The monoisotopic (exact) mass is 492 g/mol. The topological polar surface area (TPSA) is 153 Å². The van der Waals surface area contributed by atoms with Crippen LogP contribution in [0.3, 0.4) is 0 Å². The Bertz CT molecular complexity index is 1040. The average Bonchev–Trinajstić information content (AvgIpc) is 2.87. The van der Waals surface area contributed by atoms with Gasteiger partial charge >= 0.3 is 5.97 Å². The molecule has 2 aliphatic rings. The van der Waals surface area contributed by atoms with Gasteiger partial charge in [-0.2, -0.15) is 0 Å². The van der Waals surface area contributed by atoms with Crippen LogP contribution < -0.4 is 18.9 Å². The molecule has 0 bridgehead atoms. The molecule has 0 radical (unpaired) electrons. The lowest BCUT2D eigenvalue weighted by Crippen LogP contribution is -2.60. The molecule has 0 aromatic heterocycles. The van der Waals surface area contributed by atoms with Crippen LogP contribution in [0.4, 0.5) is 0 Å². The van der Waals surface area contributed by atoms with E-state index >= 15 is 0 Å². The number of rotatable bonds is 7. The molecule has 0 aliphatic carbocycles. The molecular weight excluding hydrogens is 464 g/mol. The predicted molar refractivity (Wildman–Crippen MR) is 119 cm³/mol. The molecule has 2 aromatic rings. The van der Waals surface area contributed by atoms with Crippen LogP contribution in [0, 0.1) is 0 Å². The number of carbonyl (C=O) groups excluding carboxylic acids is 1. The van der Waals surface area contributed by atoms with Gasteiger partial charge in [0.2, 0.25) is 12.0 Å². The Hall–Kier alpha value is -3.09. The molecule has 0 saturated carbocycles. The molecule has 1 fully saturated rings. The summed E-state index contributed by atoms with van der Waals surface area (Å²) in [6, 6.07) is 8.34. The van der Waals surface area contributed by atoms with Gasteiger partial charge in [0, 0.05) is 12.0 Å². The van der Waals surface area contributed by atoms with E-state index in [4.69, 9.17) is 28.4 Å². The van der Waals surface area contributed by atoms with E-state index in [9.17, 15) is 25.2 Å². The van der Waals surface area contributed by atoms with Crippen molar-refractivity contribution >= 4 is 5.97 Å². The Labute approximate surface area is 201 Å². The fraction of sp³-hybridized carbons (Fsp3) is 0.458. The summed E-state index contributed by atoms with van der Waals surface area (Å²) in [6.07, 6.45) is -7.66. The molecule has 190 valence electrons. The molecule has 0 amide bonds. The van der Waals surface area contributed by atoms with Gasteiger partial charge in [-0.1, -0.05) is 12.1 Å². The molecule has 11 heteroatoms. The molecule has 6 unspecified atom stereocenters. The summed E-state index contributed by atoms with van der Waals surface area (Å²) >= 11 is 0. The maximum atomic E-state index is 13.1. The Kier molecular flexibility index (Phi) is 7.33. The summed E-state index contributed by atoms with van der Waals surface area (Å²) in [5.74, 6) is 0.661. The first kappa shape index (κ1) is 25.0. The Morgan fingerprint density at radius 2 is 1.63 bits per heavy atom. The maximum absolute atomic E-state index is 13.1. The smallest absolute Gasteiger partial charge is 0.342 e. The summed E-state index contributed by atoms with van der Waals surface area (Å²) in [7, 11) is 4.48. The lowest BCUT2D eigenvalue weighted by atomic mass is 9.93. The molecule has 1 saturated heterocycles. The van der Waals surface area contributed by atoms with Crippen LogP contribution >= 0.6 is 0 Å². The highest BCUT2D eigenvalue weighted by molar-refractivity contribution is 5.95. The number of methoxy groups -OCH3 is 3. The molecule has 2 aliphatic heterocycles. The van der Waals surface area contributed by atoms with Crippen molar-refractivity contribution in [3.63, 3.8) is 0 Å². The third kappa shape index (κ3) is 4.60. The highest BCUT2D eigenvalue weighted by Crippen LogP contribution is 2.43. The second kappa shape index (κ2) is 10.3. The largest absolute Gasteiger partial charge is 0.493 e. The minimum Gasteiger partial charge on any atom is -0.493 e. The summed E-state index contributed by atoms with van der Waals surface area (Å²) < 4.78 is 33.0. The van der Waals surface area contributed by atoms with Gasteiger partial charge in [-0.05, 0) is 23.8 Å². The molecule has 2 aromatic carbocycles. The SMILES string of the molecule is COc1cc(C2Cc3cccc(OC4OC(CO)C(O)C(O)C4O)c3C(=O)O2)cc(OC)c1OC. The first-order valence-electron chi connectivity index (χ1n) is 10.9. The van der Waals surface area contributed by atoms with E-state index in [1.807, 2.05) is 0 Å². The number of aliphatic hydroxyl groups excluding tert-OH is 4. The summed E-state index contributed by atoms with van der Waals surface area (Å²) in [6.45, 7) is -0.601. The van der Waals surface area contributed by atoms with Gasteiger partial charge in [0.1, 0.15) is 41.8 Å². The van der Waals surface area contributed by atoms with E-state index < -0.39 is 49.4 Å². The van der Waals surface area contributed by atoms with Gasteiger partial charge in [-0.15, -0.1) is 0 Å². The normalized spacial score (nSPS) is 28.0. The number of esters is 1. The predicted octanol–water partition coefficient (Wildman–Crippen LogP) is 0.345. The lowest BCUT2D eigenvalue weighted by molar-refractivity contribution is -0.277. The number of cyclic esters (lactones) is 1. The van der Waals surface area contributed by atoms with Crippen molar-refractivity contribution < 1.29 is 53.6 Å².